The van der Waals surface area contributed by atoms with E-state index in [0.29, 0.717) is 12.8 Å². The normalized spacial score (nSPS) is 12.9. The second kappa shape index (κ2) is 8.27. The van der Waals surface area contributed by atoms with Crippen LogP contribution >= 0.6 is 0 Å². The Labute approximate surface area is 92.7 Å². The van der Waals surface area contributed by atoms with E-state index in [9.17, 15) is 4.79 Å². The molecule has 0 spiro atoms. The Hall–Kier alpha value is -1.05. The summed E-state index contributed by atoms with van der Waals surface area (Å²) < 4.78 is 0. The Bertz CT molecular complexity index is 229. The second-order valence-corrected chi connectivity index (χ2v) is 4.00. The molecule has 0 heterocycles. The highest BCUT2D eigenvalue weighted by molar-refractivity contribution is 5.70. The molecule has 15 heavy (non-hydrogen) atoms. The summed E-state index contributed by atoms with van der Waals surface area (Å²) in [4.78, 5) is 10.7. The molecule has 0 bridgehead atoms. The third-order valence-corrected chi connectivity index (χ3v) is 2.40. The van der Waals surface area contributed by atoms with Crippen molar-refractivity contribution in [1.82, 2.24) is 0 Å². The standard InChI is InChI=1S/C13H22O2/c1-4-12(13(14)15)10-8-6-5-7-9-11(2)3/h6,8,12H,2,4-5,7,9-10H2,1,3H3,(H,14,15)/b8-6+. The van der Waals surface area contributed by atoms with Crippen LogP contribution in [0, 0.1) is 5.92 Å². The van der Waals surface area contributed by atoms with Crippen molar-refractivity contribution in [2.75, 3.05) is 0 Å². The van der Waals surface area contributed by atoms with Crippen molar-refractivity contribution < 1.29 is 9.90 Å². The van der Waals surface area contributed by atoms with Crippen molar-refractivity contribution in [2.24, 2.45) is 5.92 Å². The van der Waals surface area contributed by atoms with E-state index in [1.807, 2.05) is 19.9 Å². The minimum absolute atomic E-state index is 0.220. The number of allylic oxidation sites excluding steroid dienone is 3. The minimum atomic E-state index is -0.691. The molecule has 2 nitrogen and oxygen atoms in total. The van der Waals surface area contributed by atoms with Crippen molar-refractivity contribution in [3.05, 3.63) is 24.3 Å². The fourth-order valence-electron chi connectivity index (χ4n) is 1.34. The molecule has 1 unspecified atom stereocenters. The van der Waals surface area contributed by atoms with Gasteiger partial charge in [0.1, 0.15) is 0 Å². The van der Waals surface area contributed by atoms with E-state index in [1.165, 1.54) is 5.57 Å². The zero-order chi connectivity index (χ0) is 11.7. The summed E-state index contributed by atoms with van der Waals surface area (Å²) in [6.45, 7) is 7.78. The van der Waals surface area contributed by atoms with E-state index in [1.54, 1.807) is 0 Å². The van der Waals surface area contributed by atoms with E-state index < -0.39 is 5.97 Å². The van der Waals surface area contributed by atoms with Crippen LogP contribution in [-0.4, -0.2) is 11.1 Å². The molecule has 0 saturated carbocycles. The number of hydrogen-bond donors (Lipinski definition) is 1. The summed E-state index contributed by atoms with van der Waals surface area (Å²) in [6.07, 6.45) is 8.60. The number of aliphatic carboxylic acids is 1. The van der Waals surface area contributed by atoms with Crippen LogP contribution in [0.4, 0.5) is 0 Å². The number of unbranched alkanes of at least 4 members (excludes halogenated alkanes) is 1. The molecule has 0 aliphatic carbocycles. The van der Waals surface area contributed by atoms with Crippen LogP contribution in [0.2, 0.25) is 0 Å². The molecule has 2 heteroatoms. The van der Waals surface area contributed by atoms with Gasteiger partial charge in [-0.25, -0.2) is 0 Å². The first-order chi connectivity index (χ1) is 7.07. The van der Waals surface area contributed by atoms with Crippen LogP contribution in [-0.2, 0) is 4.79 Å². The molecule has 0 aliphatic heterocycles. The Morgan fingerprint density at radius 3 is 2.60 bits per heavy atom. The second-order valence-electron chi connectivity index (χ2n) is 4.00. The largest absolute Gasteiger partial charge is 0.481 e. The molecule has 1 N–H and O–H groups in total. The topological polar surface area (TPSA) is 37.3 Å². The lowest BCUT2D eigenvalue weighted by molar-refractivity contribution is -0.141. The highest BCUT2D eigenvalue weighted by Gasteiger charge is 2.11. The van der Waals surface area contributed by atoms with Crippen LogP contribution in [0.5, 0.6) is 0 Å². The van der Waals surface area contributed by atoms with Crippen molar-refractivity contribution in [3.8, 4) is 0 Å². The molecular formula is C13H22O2. The first-order valence-electron chi connectivity index (χ1n) is 5.60. The van der Waals surface area contributed by atoms with Gasteiger partial charge in [-0.05, 0) is 39.0 Å². The number of carboxylic acid groups (broad SMARTS) is 1. The van der Waals surface area contributed by atoms with Gasteiger partial charge in [0.05, 0.1) is 5.92 Å². The molecular weight excluding hydrogens is 188 g/mol. The maximum atomic E-state index is 10.7. The van der Waals surface area contributed by atoms with E-state index >= 15 is 0 Å². The molecule has 86 valence electrons. The first kappa shape index (κ1) is 13.9. The zero-order valence-electron chi connectivity index (χ0n) is 9.83. The third kappa shape index (κ3) is 7.98. The first-order valence-corrected chi connectivity index (χ1v) is 5.60. The SMILES string of the molecule is C=C(C)CCC/C=C/CC(CC)C(=O)O. The van der Waals surface area contributed by atoms with E-state index in [0.717, 1.165) is 19.3 Å². The van der Waals surface area contributed by atoms with Crippen molar-refractivity contribution in [3.63, 3.8) is 0 Å². The lowest BCUT2D eigenvalue weighted by atomic mass is 10.0. The number of hydrogen-bond acceptors (Lipinski definition) is 1. The van der Waals surface area contributed by atoms with Gasteiger partial charge in [-0.1, -0.05) is 24.6 Å². The number of carboxylic acids is 1. The summed E-state index contributed by atoms with van der Waals surface area (Å²) in [7, 11) is 0. The number of carbonyl (C=O) groups is 1. The molecule has 0 aromatic carbocycles. The Kier molecular flexibility index (Phi) is 7.69. The van der Waals surface area contributed by atoms with Gasteiger partial charge in [0.15, 0.2) is 0 Å². The van der Waals surface area contributed by atoms with Gasteiger partial charge in [-0.15, -0.1) is 6.58 Å². The Morgan fingerprint density at radius 2 is 2.13 bits per heavy atom. The summed E-state index contributed by atoms with van der Waals surface area (Å²) in [5.41, 5.74) is 1.21. The molecule has 0 saturated heterocycles. The van der Waals surface area contributed by atoms with Gasteiger partial charge < -0.3 is 5.11 Å². The smallest absolute Gasteiger partial charge is 0.306 e. The molecule has 1 atom stereocenters. The molecule has 0 radical (unpaired) electrons. The zero-order valence-corrected chi connectivity index (χ0v) is 9.83. The summed E-state index contributed by atoms with van der Waals surface area (Å²) in [6, 6.07) is 0. The van der Waals surface area contributed by atoms with Gasteiger partial charge in [0, 0.05) is 0 Å². The average Bonchev–Trinajstić information content (AvgIpc) is 2.15. The van der Waals surface area contributed by atoms with Gasteiger partial charge in [-0.2, -0.15) is 0 Å². The van der Waals surface area contributed by atoms with Gasteiger partial charge in [0.2, 0.25) is 0 Å². The van der Waals surface area contributed by atoms with Crippen LogP contribution in [0.1, 0.15) is 46.0 Å². The van der Waals surface area contributed by atoms with Crippen LogP contribution in [0.25, 0.3) is 0 Å². The summed E-state index contributed by atoms with van der Waals surface area (Å²) in [5.74, 6) is -0.911. The maximum Gasteiger partial charge on any atom is 0.306 e. The molecule has 0 aromatic heterocycles. The summed E-state index contributed by atoms with van der Waals surface area (Å²) >= 11 is 0. The third-order valence-electron chi connectivity index (χ3n) is 2.40. The predicted molar refractivity (Wildman–Crippen MR) is 63.8 cm³/mol. The Balaban J connectivity index is 3.60. The van der Waals surface area contributed by atoms with Gasteiger partial charge in [0.25, 0.3) is 0 Å². The molecule has 0 aromatic rings. The predicted octanol–water partition coefficient (Wildman–Crippen LogP) is 3.79. The van der Waals surface area contributed by atoms with E-state index in [-0.39, 0.29) is 5.92 Å². The van der Waals surface area contributed by atoms with Gasteiger partial charge >= 0.3 is 5.97 Å². The highest BCUT2D eigenvalue weighted by Crippen LogP contribution is 2.10. The number of rotatable bonds is 8. The van der Waals surface area contributed by atoms with Crippen molar-refractivity contribution in [2.45, 2.75) is 46.0 Å². The lowest BCUT2D eigenvalue weighted by Gasteiger charge is -2.04. The average molecular weight is 210 g/mol. The van der Waals surface area contributed by atoms with Crippen molar-refractivity contribution in [1.29, 1.82) is 0 Å². The molecule has 0 amide bonds. The fraction of sp³-hybridized carbons (Fsp3) is 0.615. The van der Waals surface area contributed by atoms with Gasteiger partial charge in [-0.3, -0.25) is 4.79 Å². The molecule has 0 rings (SSSR count). The van der Waals surface area contributed by atoms with Crippen LogP contribution < -0.4 is 0 Å². The van der Waals surface area contributed by atoms with E-state index in [2.05, 4.69) is 12.7 Å². The highest BCUT2D eigenvalue weighted by atomic mass is 16.4. The van der Waals surface area contributed by atoms with Crippen molar-refractivity contribution >= 4 is 5.97 Å². The summed E-state index contributed by atoms with van der Waals surface area (Å²) in [5, 5.41) is 8.80. The maximum absolute atomic E-state index is 10.7. The molecule has 0 aliphatic rings. The Morgan fingerprint density at radius 1 is 1.47 bits per heavy atom. The van der Waals surface area contributed by atoms with Crippen LogP contribution in [0.3, 0.4) is 0 Å². The van der Waals surface area contributed by atoms with Crippen LogP contribution in [0.15, 0.2) is 24.3 Å². The lowest BCUT2D eigenvalue weighted by Crippen LogP contribution is -2.11. The minimum Gasteiger partial charge on any atom is -0.481 e. The quantitative estimate of drug-likeness (QED) is 0.489. The fourth-order valence-corrected chi connectivity index (χ4v) is 1.34. The molecule has 0 fully saturated rings. The monoisotopic (exact) mass is 210 g/mol. The van der Waals surface area contributed by atoms with E-state index in [4.69, 9.17) is 5.11 Å².